The van der Waals surface area contributed by atoms with Crippen LogP contribution in [0.15, 0.2) is 60.7 Å². The number of carbonyl (C=O) groups is 2. The van der Waals surface area contributed by atoms with Gasteiger partial charge in [0.05, 0.1) is 6.54 Å². The van der Waals surface area contributed by atoms with Gasteiger partial charge in [0.1, 0.15) is 6.10 Å². The summed E-state index contributed by atoms with van der Waals surface area (Å²) in [6.45, 7) is 4.09. The number of amides is 2. The van der Waals surface area contributed by atoms with Crippen molar-refractivity contribution in [3.05, 3.63) is 87.1 Å². The van der Waals surface area contributed by atoms with Crippen molar-refractivity contribution in [2.45, 2.75) is 26.5 Å². The Balaban J connectivity index is 1.56. The molecule has 0 radical (unpaired) electrons. The average molecular weight is 394 g/mol. The molecule has 144 valence electrons. The van der Waals surface area contributed by atoms with Crippen LogP contribution in [0.2, 0.25) is 0 Å². The number of hydrogen-bond donors (Lipinski definition) is 3. The first-order valence-corrected chi connectivity index (χ1v) is 9.73. The molecule has 2 amide bonds. The summed E-state index contributed by atoms with van der Waals surface area (Å²) in [6.07, 6.45) is -0.705. The Labute approximate surface area is 168 Å². The summed E-state index contributed by atoms with van der Waals surface area (Å²) in [7, 11) is 0. The van der Waals surface area contributed by atoms with E-state index in [9.17, 15) is 14.7 Å². The van der Waals surface area contributed by atoms with Gasteiger partial charge in [0, 0.05) is 15.4 Å². The van der Waals surface area contributed by atoms with E-state index in [1.807, 2.05) is 74.5 Å². The van der Waals surface area contributed by atoms with Crippen LogP contribution in [0.5, 0.6) is 0 Å². The third-order valence-corrected chi connectivity index (χ3v) is 5.31. The number of anilines is 1. The Morgan fingerprint density at radius 1 is 0.964 bits per heavy atom. The maximum Gasteiger partial charge on any atom is 0.313 e. The van der Waals surface area contributed by atoms with E-state index < -0.39 is 17.9 Å². The fourth-order valence-corrected chi connectivity index (χ4v) is 3.89. The van der Waals surface area contributed by atoms with Gasteiger partial charge in [-0.05, 0) is 54.8 Å². The second kappa shape index (κ2) is 8.82. The van der Waals surface area contributed by atoms with Crippen molar-refractivity contribution in [2.24, 2.45) is 0 Å². The van der Waals surface area contributed by atoms with Crippen LogP contribution in [-0.4, -0.2) is 16.9 Å². The number of hydrogen-bond acceptors (Lipinski definition) is 4. The van der Waals surface area contributed by atoms with Gasteiger partial charge >= 0.3 is 11.8 Å². The molecular weight excluding hydrogens is 372 g/mol. The van der Waals surface area contributed by atoms with Gasteiger partial charge in [-0.2, -0.15) is 0 Å². The van der Waals surface area contributed by atoms with Gasteiger partial charge in [-0.25, -0.2) is 0 Å². The molecule has 3 aromatic rings. The molecule has 5 nitrogen and oxygen atoms in total. The fraction of sp³-hybridized carbons (Fsp3) is 0.182. The molecule has 0 saturated heterocycles. The third-order valence-electron chi connectivity index (χ3n) is 4.18. The summed E-state index contributed by atoms with van der Waals surface area (Å²) in [5.41, 5.74) is 3.44. The molecule has 1 atom stereocenters. The predicted molar refractivity (Wildman–Crippen MR) is 111 cm³/mol. The highest BCUT2D eigenvalue weighted by Crippen LogP contribution is 2.28. The molecule has 1 heterocycles. The summed E-state index contributed by atoms with van der Waals surface area (Å²) in [6, 6.07) is 18.7. The zero-order valence-corrected chi connectivity index (χ0v) is 16.5. The number of thiophene rings is 1. The van der Waals surface area contributed by atoms with E-state index in [1.165, 1.54) is 11.3 Å². The van der Waals surface area contributed by atoms with Crippen molar-refractivity contribution in [1.82, 2.24) is 5.32 Å². The number of nitrogens with one attached hydrogen (secondary N) is 2. The summed E-state index contributed by atoms with van der Waals surface area (Å²) in [5, 5.41) is 15.7. The molecule has 0 spiro atoms. The lowest BCUT2D eigenvalue weighted by molar-refractivity contribution is -0.136. The second-order valence-corrected chi connectivity index (χ2v) is 7.83. The summed E-state index contributed by atoms with van der Waals surface area (Å²) in [5.74, 6) is -1.40. The quantitative estimate of drug-likeness (QED) is 0.578. The van der Waals surface area contributed by atoms with Crippen molar-refractivity contribution >= 4 is 28.8 Å². The number of aliphatic hydroxyl groups excluding tert-OH is 1. The highest BCUT2D eigenvalue weighted by Gasteiger charge is 2.16. The van der Waals surface area contributed by atoms with Crippen LogP contribution in [0.1, 0.15) is 32.5 Å². The van der Waals surface area contributed by atoms with E-state index in [2.05, 4.69) is 10.6 Å². The van der Waals surface area contributed by atoms with Crippen LogP contribution < -0.4 is 10.6 Å². The monoisotopic (exact) mass is 394 g/mol. The molecule has 0 saturated carbocycles. The minimum atomic E-state index is -0.705. The van der Waals surface area contributed by atoms with Gasteiger partial charge in [-0.15, -0.1) is 11.3 Å². The molecule has 1 aromatic heterocycles. The SMILES string of the molecule is Cc1cc(C)cc(NC(=O)C(=O)NCc2ccc(C(O)c3ccccc3)s2)c1. The van der Waals surface area contributed by atoms with Crippen molar-refractivity contribution in [1.29, 1.82) is 0 Å². The number of aryl methyl sites for hydroxylation is 2. The Morgan fingerprint density at radius 3 is 2.32 bits per heavy atom. The van der Waals surface area contributed by atoms with E-state index >= 15 is 0 Å². The predicted octanol–water partition coefficient (Wildman–Crippen LogP) is 3.70. The molecule has 0 aliphatic carbocycles. The van der Waals surface area contributed by atoms with Crippen molar-refractivity contribution in [2.75, 3.05) is 5.32 Å². The van der Waals surface area contributed by atoms with E-state index in [1.54, 1.807) is 0 Å². The zero-order valence-electron chi connectivity index (χ0n) is 15.7. The first-order chi connectivity index (χ1) is 13.4. The maximum absolute atomic E-state index is 12.1. The minimum Gasteiger partial charge on any atom is -0.383 e. The van der Waals surface area contributed by atoms with Crippen LogP contribution in [0, 0.1) is 13.8 Å². The smallest absolute Gasteiger partial charge is 0.313 e. The molecule has 0 bridgehead atoms. The standard InChI is InChI=1S/C22H22N2O3S/c1-14-10-15(2)12-17(11-14)24-22(27)21(26)23-13-18-8-9-19(28-18)20(25)16-6-4-3-5-7-16/h3-12,20,25H,13H2,1-2H3,(H,23,26)(H,24,27). The van der Waals surface area contributed by atoms with Crippen LogP contribution in [0.25, 0.3) is 0 Å². The summed E-state index contributed by atoms with van der Waals surface area (Å²) >= 11 is 1.40. The van der Waals surface area contributed by atoms with Crippen LogP contribution in [0.4, 0.5) is 5.69 Å². The number of rotatable bonds is 5. The lowest BCUT2D eigenvalue weighted by Crippen LogP contribution is -2.34. The average Bonchev–Trinajstić information content (AvgIpc) is 3.14. The largest absolute Gasteiger partial charge is 0.383 e. The molecule has 0 fully saturated rings. The van der Waals surface area contributed by atoms with Gasteiger partial charge in [0.15, 0.2) is 0 Å². The fourth-order valence-electron chi connectivity index (χ4n) is 2.92. The zero-order chi connectivity index (χ0) is 20.1. The molecule has 6 heteroatoms. The van der Waals surface area contributed by atoms with Gasteiger partial charge in [0.2, 0.25) is 0 Å². The van der Waals surface area contributed by atoms with E-state index in [4.69, 9.17) is 0 Å². The highest BCUT2D eigenvalue weighted by molar-refractivity contribution is 7.12. The summed E-state index contributed by atoms with van der Waals surface area (Å²) < 4.78 is 0. The molecule has 1 unspecified atom stereocenters. The third kappa shape index (κ3) is 5.06. The lowest BCUT2D eigenvalue weighted by atomic mass is 10.1. The molecule has 3 rings (SSSR count). The Bertz CT molecular complexity index is 962. The van der Waals surface area contributed by atoms with Gasteiger partial charge < -0.3 is 15.7 Å². The molecule has 3 N–H and O–H groups in total. The Morgan fingerprint density at radius 2 is 1.64 bits per heavy atom. The van der Waals surface area contributed by atoms with Crippen molar-refractivity contribution in [3.8, 4) is 0 Å². The summed E-state index contributed by atoms with van der Waals surface area (Å²) in [4.78, 5) is 25.8. The van der Waals surface area contributed by atoms with Gasteiger partial charge in [0.25, 0.3) is 0 Å². The van der Waals surface area contributed by atoms with E-state index in [-0.39, 0.29) is 6.54 Å². The molecule has 28 heavy (non-hydrogen) atoms. The number of carbonyl (C=O) groups excluding carboxylic acids is 2. The van der Waals surface area contributed by atoms with E-state index in [0.29, 0.717) is 5.69 Å². The molecule has 0 aliphatic heterocycles. The first kappa shape index (κ1) is 19.8. The Kier molecular flexibility index (Phi) is 6.23. The maximum atomic E-state index is 12.1. The van der Waals surface area contributed by atoms with Gasteiger partial charge in [-0.3, -0.25) is 9.59 Å². The minimum absolute atomic E-state index is 0.227. The molecular formula is C22H22N2O3S. The highest BCUT2D eigenvalue weighted by atomic mass is 32.1. The molecule has 0 aliphatic rings. The van der Waals surface area contributed by atoms with Gasteiger partial charge in [-0.1, -0.05) is 36.4 Å². The topological polar surface area (TPSA) is 78.4 Å². The van der Waals surface area contributed by atoms with Crippen molar-refractivity contribution < 1.29 is 14.7 Å². The normalized spacial score (nSPS) is 11.7. The first-order valence-electron chi connectivity index (χ1n) is 8.91. The molecule has 2 aromatic carbocycles. The lowest BCUT2D eigenvalue weighted by Gasteiger charge is -2.09. The van der Waals surface area contributed by atoms with Crippen molar-refractivity contribution in [3.63, 3.8) is 0 Å². The second-order valence-electron chi connectivity index (χ2n) is 6.63. The number of benzene rings is 2. The van der Waals surface area contributed by atoms with E-state index in [0.717, 1.165) is 26.4 Å². The Hall–Kier alpha value is -2.96. The van der Waals surface area contributed by atoms with Crippen LogP contribution in [-0.2, 0) is 16.1 Å². The van der Waals surface area contributed by atoms with Crippen LogP contribution in [0.3, 0.4) is 0 Å². The number of aliphatic hydroxyl groups is 1. The van der Waals surface area contributed by atoms with Crippen LogP contribution >= 0.6 is 11.3 Å².